The van der Waals surface area contributed by atoms with Gasteiger partial charge >= 0.3 is 6.09 Å². The van der Waals surface area contributed by atoms with E-state index in [1.54, 1.807) is 16.4 Å². The number of para-hydroxylation sites is 1. The molecule has 1 aromatic heterocycles. The van der Waals surface area contributed by atoms with Gasteiger partial charge in [0.25, 0.3) is 0 Å². The van der Waals surface area contributed by atoms with Crippen LogP contribution >= 0.6 is 11.8 Å². The van der Waals surface area contributed by atoms with E-state index < -0.39 is 12.4 Å². The second kappa shape index (κ2) is 15.9. The Kier molecular flexibility index (Phi) is 10.9. The van der Waals surface area contributed by atoms with Crippen molar-refractivity contribution in [3.63, 3.8) is 0 Å². The molecular weight excluding hydrogens is 627 g/mol. The lowest BCUT2D eigenvalue weighted by Gasteiger charge is -2.41. The molecule has 0 bridgehead atoms. The summed E-state index contributed by atoms with van der Waals surface area (Å²) in [5, 5.41) is 25.5. The fraction of sp³-hybridized carbons (Fsp3) is 0.243. The Hall–Kier alpha value is -4.81. The predicted molar refractivity (Wildman–Crippen MR) is 183 cm³/mol. The quantitative estimate of drug-likeness (QED) is 0.109. The van der Waals surface area contributed by atoms with Gasteiger partial charge in [-0.2, -0.15) is 4.68 Å². The predicted octanol–water partition coefficient (Wildman–Crippen LogP) is 6.82. The van der Waals surface area contributed by atoms with Crippen molar-refractivity contribution in [3.8, 4) is 16.8 Å². The third kappa shape index (κ3) is 8.00. The number of thioether (sulfide) groups is 1. The number of aliphatic hydroxyl groups is 1. The molecule has 1 aliphatic rings. The van der Waals surface area contributed by atoms with Crippen LogP contribution in [0.4, 0.5) is 4.79 Å². The van der Waals surface area contributed by atoms with Crippen LogP contribution in [0.2, 0.25) is 0 Å². The van der Waals surface area contributed by atoms with Crippen LogP contribution in [0.3, 0.4) is 0 Å². The zero-order chi connectivity index (χ0) is 33.3. The van der Waals surface area contributed by atoms with E-state index in [2.05, 4.69) is 40.4 Å². The summed E-state index contributed by atoms with van der Waals surface area (Å²) in [6, 6.07) is 33.8. The van der Waals surface area contributed by atoms with Crippen LogP contribution in [0.25, 0.3) is 16.8 Å². The second-order valence-electron chi connectivity index (χ2n) is 11.4. The monoisotopic (exact) mass is 663 g/mol. The average Bonchev–Trinajstić information content (AvgIpc) is 3.62. The highest BCUT2D eigenvalue weighted by molar-refractivity contribution is 7.99. The number of aromatic nitrogens is 4. The van der Waals surface area contributed by atoms with Gasteiger partial charge in [-0.1, -0.05) is 110 Å². The molecule has 1 fully saturated rings. The lowest BCUT2D eigenvalue weighted by atomic mass is 9.91. The zero-order valence-corrected chi connectivity index (χ0v) is 27.3. The molecular formula is C37H37N5O5S. The first-order valence-corrected chi connectivity index (χ1v) is 16.7. The summed E-state index contributed by atoms with van der Waals surface area (Å²) in [5.41, 5.74) is 6.55. The van der Waals surface area contributed by atoms with Crippen molar-refractivity contribution in [1.82, 2.24) is 25.5 Å². The molecule has 0 radical (unpaired) electrons. The molecule has 6 rings (SSSR count). The number of benzene rings is 4. The fourth-order valence-electron chi connectivity index (χ4n) is 5.55. The van der Waals surface area contributed by atoms with Crippen LogP contribution in [0, 0.1) is 5.92 Å². The Balaban J connectivity index is 1.23. The molecule has 0 saturated carbocycles. The molecule has 1 saturated heterocycles. The number of carbonyl (C=O) groups is 1. The van der Waals surface area contributed by atoms with E-state index >= 15 is 0 Å². The first kappa shape index (κ1) is 33.1. The lowest BCUT2D eigenvalue weighted by Crippen LogP contribution is -2.38. The topological polar surface area (TPSA) is 121 Å². The van der Waals surface area contributed by atoms with E-state index in [4.69, 9.17) is 14.2 Å². The molecule has 2 heterocycles. The number of hydrogen-bond donors (Lipinski definition) is 2. The molecule has 0 aliphatic carbocycles. The summed E-state index contributed by atoms with van der Waals surface area (Å²) in [4.78, 5) is 11.9. The summed E-state index contributed by atoms with van der Waals surface area (Å²) in [6.07, 6.45) is -0.0564. The number of aliphatic hydroxyl groups excluding tert-OH is 1. The number of carbonyl (C=O) groups excluding carboxylic acids is 1. The number of nitrogens with zero attached hydrogens (tertiary/aromatic N) is 4. The standard InChI is InChI=1S/C37H37N5O5S/c1-3-19-45-37(44)38-22-27-9-7-10-29(20-27)30-11-8-12-31(21-30)35-46-33(25(2)34(47-35)28-17-15-26(23-43)16-18-28)24-48-36-39-40-41-42(36)32-13-5-4-6-14-32/h3-18,20-21,25,33-35,43H,1,19,22-24H2,2H3,(H,38,44)/t25-,33+,34+,35+/m1/s1. The van der Waals surface area contributed by atoms with E-state index in [1.807, 2.05) is 97.1 Å². The number of hydrogen-bond acceptors (Lipinski definition) is 9. The lowest BCUT2D eigenvalue weighted by molar-refractivity contribution is -0.268. The fourth-order valence-corrected chi connectivity index (χ4v) is 6.61. The maximum atomic E-state index is 11.9. The van der Waals surface area contributed by atoms with E-state index in [0.29, 0.717) is 17.5 Å². The highest BCUT2D eigenvalue weighted by Gasteiger charge is 2.38. The van der Waals surface area contributed by atoms with Crippen molar-refractivity contribution in [2.24, 2.45) is 5.92 Å². The molecule has 2 N–H and O–H groups in total. The van der Waals surface area contributed by atoms with Crippen molar-refractivity contribution in [3.05, 3.63) is 138 Å². The summed E-state index contributed by atoms with van der Waals surface area (Å²) < 4.78 is 20.2. The maximum Gasteiger partial charge on any atom is 0.407 e. The molecule has 0 spiro atoms. The Bertz CT molecular complexity index is 1820. The summed E-state index contributed by atoms with van der Waals surface area (Å²) >= 11 is 1.54. The van der Waals surface area contributed by atoms with Gasteiger partial charge < -0.3 is 24.6 Å². The van der Waals surface area contributed by atoms with E-state index in [1.165, 1.54) is 6.08 Å². The molecule has 1 aliphatic heterocycles. The molecule has 10 nitrogen and oxygen atoms in total. The smallest absolute Gasteiger partial charge is 0.407 e. The molecule has 5 aromatic rings. The van der Waals surface area contributed by atoms with Crippen LogP contribution in [0.5, 0.6) is 0 Å². The Morgan fingerprint density at radius 2 is 1.73 bits per heavy atom. The summed E-state index contributed by atoms with van der Waals surface area (Å²) in [6.45, 7) is 6.17. The third-order valence-corrected chi connectivity index (χ3v) is 9.14. The molecule has 0 unspecified atom stereocenters. The van der Waals surface area contributed by atoms with Gasteiger partial charge in [0.2, 0.25) is 5.16 Å². The number of tetrazole rings is 1. The molecule has 48 heavy (non-hydrogen) atoms. The van der Waals surface area contributed by atoms with Gasteiger partial charge in [-0.25, -0.2) is 4.79 Å². The Labute approximate surface area is 283 Å². The Morgan fingerprint density at radius 3 is 2.50 bits per heavy atom. The minimum atomic E-state index is -0.635. The summed E-state index contributed by atoms with van der Waals surface area (Å²) in [5.74, 6) is 0.601. The number of ether oxygens (including phenoxy) is 3. The first-order chi connectivity index (χ1) is 23.5. The maximum absolute atomic E-state index is 11.9. The molecule has 11 heteroatoms. The van der Waals surface area contributed by atoms with Crippen LogP contribution < -0.4 is 5.32 Å². The molecule has 246 valence electrons. The minimum Gasteiger partial charge on any atom is -0.445 e. The average molecular weight is 664 g/mol. The second-order valence-corrected chi connectivity index (χ2v) is 12.4. The van der Waals surface area contributed by atoms with Gasteiger partial charge in [0.15, 0.2) is 6.29 Å². The van der Waals surface area contributed by atoms with Gasteiger partial charge in [0, 0.05) is 23.8 Å². The van der Waals surface area contributed by atoms with Crippen LogP contribution in [0.1, 0.15) is 41.6 Å². The van der Waals surface area contributed by atoms with Crippen molar-refractivity contribution in [2.75, 3.05) is 12.4 Å². The van der Waals surface area contributed by atoms with E-state index in [-0.39, 0.29) is 31.3 Å². The third-order valence-electron chi connectivity index (χ3n) is 8.13. The molecule has 4 aromatic carbocycles. The highest BCUT2D eigenvalue weighted by atomic mass is 32.2. The normalized spacial score (nSPS) is 19.0. The highest BCUT2D eigenvalue weighted by Crippen LogP contribution is 2.43. The van der Waals surface area contributed by atoms with Crippen LogP contribution in [-0.4, -0.2) is 49.9 Å². The number of amides is 1. The SMILES string of the molecule is C=CCOC(=O)NCc1cccc(-c2cccc([C@H]3O[C@@H](CSc4nnnn4-c4ccccc4)[C@@H](C)[C@@H](c4ccc(CO)cc4)O3)c2)c1. The summed E-state index contributed by atoms with van der Waals surface area (Å²) in [7, 11) is 0. The van der Waals surface area contributed by atoms with E-state index in [0.717, 1.165) is 39.1 Å². The van der Waals surface area contributed by atoms with E-state index in [9.17, 15) is 9.90 Å². The number of alkyl carbamates (subject to hydrolysis) is 1. The van der Waals surface area contributed by atoms with Gasteiger partial charge in [0.1, 0.15) is 6.61 Å². The van der Waals surface area contributed by atoms with Crippen LogP contribution in [-0.2, 0) is 27.4 Å². The van der Waals surface area contributed by atoms with Crippen molar-refractivity contribution in [1.29, 1.82) is 0 Å². The molecule has 4 atom stereocenters. The number of rotatable bonds is 12. The van der Waals surface area contributed by atoms with Crippen LogP contribution in [0.15, 0.2) is 121 Å². The molecule has 1 amide bonds. The largest absolute Gasteiger partial charge is 0.445 e. The minimum absolute atomic E-state index is 0.000293. The van der Waals surface area contributed by atoms with Gasteiger partial charge in [-0.3, -0.25) is 0 Å². The zero-order valence-electron chi connectivity index (χ0n) is 26.5. The van der Waals surface area contributed by atoms with Gasteiger partial charge in [0.05, 0.1) is 24.5 Å². The van der Waals surface area contributed by atoms with Crippen molar-refractivity contribution in [2.45, 2.75) is 43.7 Å². The van der Waals surface area contributed by atoms with Gasteiger partial charge in [-0.05, 0) is 62.5 Å². The number of nitrogens with one attached hydrogen (secondary N) is 1. The first-order valence-electron chi connectivity index (χ1n) is 15.7. The Morgan fingerprint density at radius 1 is 0.958 bits per heavy atom. The van der Waals surface area contributed by atoms with Gasteiger partial charge in [-0.15, -0.1) is 5.10 Å². The van der Waals surface area contributed by atoms with Crippen molar-refractivity contribution < 1.29 is 24.1 Å². The van der Waals surface area contributed by atoms with Crippen molar-refractivity contribution >= 4 is 17.9 Å².